The van der Waals surface area contributed by atoms with Crippen molar-refractivity contribution in [3.63, 3.8) is 0 Å². The number of alkyl halides is 3. The molecule has 0 bridgehead atoms. The number of rotatable bonds is 3. The van der Waals surface area contributed by atoms with E-state index in [0.717, 1.165) is 33.9 Å². The fourth-order valence-electron chi connectivity index (χ4n) is 3.47. The van der Waals surface area contributed by atoms with Crippen LogP contribution in [0.1, 0.15) is 17.5 Å². The molecule has 3 aromatic rings. The normalized spacial score (nSPS) is 15.1. The minimum atomic E-state index is -4.42. The van der Waals surface area contributed by atoms with E-state index in [1.165, 1.54) is 12.3 Å². The number of halogens is 3. The second kappa shape index (κ2) is 6.64. The van der Waals surface area contributed by atoms with Gasteiger partial charge in [-0.2, -0.15) is 13.2 Å². The molecule has 0 atom stereocenters. The van der Waals surface area contributed by atoms with E-state index in [4.69, 9.17) is 4.74 Å². The summed E-state index contributed by atoms with van der Waals surface area (Å²) >= 11 is 0. The van der Waals surface area contributed by atoms with Gasteiger partial charge in [0, 0.05) is 41.9 Å². The minimum Gasteiger partial charge on any atom is -0.497 e. The lowest BCUT2D eigenvalue weighted by Gasteiger charge is -2.29. The zero-order valence-electron chi connectivity index (χ0n) is 14.7. The largest absolute Gasteiger partial charge is 0.497 e. The van der Waals surface area contributed by atoms with Crippen LogP contribution in [0, 0.1) is 0 Å². The van der Waals surface area contributed by atoms with Crippen LogP contribution in [0.5, 0.6) is 5.75 Å². The zero-order valence-corrected chi connectivity index (χ0v) is 14.7. The van der Waals surface area contributed by atoms with Crippen molar-refractivity contribution in [3.8, 4) is 5.75 Å². The van der Waals surface area contributed by atoms with E-state index in [0.29, 0.717) is 19.5 Å². The highest BCUT2D eigenvalue weighted by Gasteiger charge is 2.35. The maximum atomic E-state index is 13.3. The predicted molar refractivity (Wildman–Crippen MR) is 98.9 cm³/mol. The van der Waals surface area contributed by atoms with Crippen molar-refractivity contribution in [1.82, 2.24) is 9.97 Å². The molecule has 0 fully saturated rings. The Morgan fingerprint density at radius 3 is 2.78 bits per heavy atom. The van der Waals surface area contributed by atoms with Gasteiger partial charge >= 0.3 is 6.18 Å². The topological polar surface area (TPSA) is 41.1 Å². The van der Waals surface area contributed by atoms with Gasteiger partial charge in [0.2, 0.25) is 0 Å². The van der Waals surface area contributed by atoms with Gasteiger partial charge in [0.05, 0.1) is 12.7 Å². The molecule has 140 valence electrons. The van der Waals surface area contributed by atoms with Crippen LogP contribution in [-0.4, -0.2) is 30.2 Å². The number of nitrogens with zero attached hydrogens (tertiary/aromatic N) is 2. The van der Waals surface area contributed by atoms with E-state index in [-0.39, 0.29) is 5.82 Å². The number of anilines is 1. The maximum absolute atomic E-state index is 13.3. The summed E-state index contributed by atoms with van der Waals surface area (Å²) in [5.74, 6) is 0.755. The van der Waals surface area contributed by atoms with E-state index in [9.17, 15) is 13.2 Å². The third-order valence-electron chi connectivity index (χ3n) is 4.84. The molecule has 0 amide bonds. The van der Waals surface area contributed by atoms with Crippen LogP contribution in [0.2, 0.25) is 0 Å². The number of pyridine rings is 1. The number of fused-ring (bicyclic) bond motifs is 1. The number of hydrogen-bond acceptors (Lipinski definition) is 3. The lowest BCUT2D eigenvalue weighted by molar-refractivity contribution is -0.137. The van der Waals surface area contributed by atoms with Crippen molar-refractivity contribution < 1.29 is 17.9 Å². The van der Waals surface area contributed by atoms with Crippen molar-refractivity contribution >= 4 is 22.3 Å². The highest BCUT2D eigenvalue weighted by atomic mass is 19.4. The van der Waals surface area contributed by atoms with Gasteiger partial charge < -0.3 is 14.6 Å². The Kier molecular flexibility index (Phi) is 4.30. The molecule has 1 aliphatic heterocycles. The van der Waals surface area contributed by atoms with Gasteiger partial charge in [0.15, 0.2) is 0 Å². The van der Waals surface area contributed by atoms with Crippen LogP contribution < -0.4 is 9.64 Å². The molecule has 3 heterocycles. The smallest absolute Gasteiger partial charge is 0.419 e. The molecule has 4 rings (SSSR count). The van der Waals surface area contributed by atoms with E-state index < -0.39 is 11.7 Å². The Hall–Kier alpha value is -2.96. The van der Waals surface area contributed by atoms with Crippen molar-refractivity contribution in [1.29, 1.82) is 0 Å². The molecular formula is C20H18F3N3O. The van der Waals surface area contributed by atoms with Gasteiger partial charge in [0.25, 0.3) is 0 Å². The first-order chi connectivity index (χ1) is 13.0. The highest BCUT2D eigenvalue weighted by molar-refractivity contribution is 5.93. The summed E-state index contributed by atoms with van der Waals surface area (Å²) in [6.45, 7) is 0.856. The number of nitrogens with one attached hydrogen (secondary N) is 1. The summed E-state index contributed by atoms with van der Waals surface area (Å²) in [6.07, 6.45) is 1.53. The third-order valence-corrected chi connectivity index (χ3v) is 4.84. The molecule has 0 radical (unpaired) electrons. The van der Waals surface area contributed by atoms with Gasteiger partial charge in [-0.1, -0.05) is 6.08 Å². The molecule has 2 aromatic heterocycles. The van der Waals surface area contributed by atoms with Crippen LogP contribution in [0.15, 0.2) is 48.8 Å². The fraction of sp³-hybridized carbons (Fsp3) is 0.250. The van der Waals surface area contributed by atoms with Gasteiger partial charge in [-0.05, 0) is 42.3 Å². The summed E-state index contributed by atoms with van der Waals surface area (Å²) in [4.78, 5) is 8.89. The number of hydrogen-bond donors (Lipinski definition) is 1. The second-order valence-corrected chi connectivity index (χ2v) is 6.41. The molecule has 1 aliphatic rings. The lowest BCUT2D eigenvalue weighted by atomic mass is 9.98. The molecule has 0 aliphatic carbocycles. The Morgan fingerprint density at radius 1 is 1.22 bits per heavy atom. The molecule has 0 unspecified atom stereocenters. The summed E-state index contributed by atoms with van der Waals surface area (Å²) < 4.78 is 45.1. The quantitative estimate of drug-likeness (QED) is 0.711. The van der Waals surface area contributed by atoms with E-state index >= 15 is 0 Å². The maximum Gasteiger partial charge on any atom is 0.419 e. The standard InChI is InChI=1S/C20H18F3N3O/c1-27-14-4-5-18-15(11-14)16(12-25-18)13-6-9-26(10-7-13)19-17(20(21,22)23)3-2-8-24-19/h2-6,8,11-12,25H,7,9-10H2,1H3. The first kappa shape index (κ1) is 17.5. The third kappa shape index (κ3) is 3.25. The predicted octanol–water partition coefficient (Wildman–Crippen LogP) is 4.88. The lowest BCUT2D eigenvalue weighted by Crippen LogP contribution is -2.31. The highest BCUT2D eigenvalue weighted by Crippen LogP contribution is 2.37. The van der Waals surface area contributed by atoms with Crippen LogP contribution in [0.4, 0.5) is 19.0 Å². The zero-order chi connectivity index (χ0) is 19.0. The number of aromatic nitrogens is 2. The fourth-order valence-corrected chi connectivity index (χ4v) is 3.47. The number of H-pyrrole nitrogens is 1. The molecule has 7 heteroatoms. The molecule has 0 saturated carbocycles. The van der Waals surface area contributed by atoms with Crippen molar-refractivity contribution in [2.45, 2.75) is 12.6 Å². The number of methoxy groups -OCH3 is 1. The molecule has 0 spiro atoms. The van der Waals surface area contributed by atoms with Gasteiger partial charge in [-0.15, -0.1) is 0 Å². The monoisotopic (exact) mass is 373 g/mol. The first-order valence-electron chi connectivity index (χ1n) is 8.59. The second-order valence-electron chi connectivity index (χ2n) is 6.41. The molecule has 4 nitrogen and oxygen atoms in total. The van der Waals surface area contributed by atoms with Gasteiger partial charge in [-0.25, -0.2) is 4.98 Å². The van der Waals surface area contributed by atoms with Crippen LogP contribution in [0.25, 0.3) is 16.5 Å². The van der Waals surface area contributed by atoms with Crippen molar-refractivity contribution in [3.05, 3.63) is 59.9 Å². The Labute approximate surface area is 154 Å². The Bertz CT molecular complexity index is 1010. The van der Waals surface area contributed by atoms with E-state index in [1.54, 1.807) is 12.0 Å². The van der Waals surface area contributed by atoms with Crippen molar-refractivity contribution in [2.75, 3.05) is 25.1 Å². The minimum absolute atomic E-state index is 0.0131. The summed E-state index contributed by atoms with van der Waals surface area (Å²) in [7, 11) is 1.62. The average Bonchev–Trinajstić information content (AvgIpc) is 3.10. The Balaban J connectivity index is 1.64. The number of aromatic amines is 1. The van der Waals surface area contributed by atoms with Crippen LogP contribution >= 0.6 is 0 Å². The summed E-state index contributed by atoms with van der Waals surface area (Å²) in [6, 6.07) is 8.20. The van der Waals surface area contributed by atoms with Gasteiger partial charge in [0.1, 0.15) is 11.6 Å². The Morgan fingerprint density at radius 2 is 2.07 bits per heavy atom. The molecule has 0 saturated heterocycles. The molecule has 1 aromatic carbocycles. The molecular weight excluding hydrogens is 355 g/mol. The molecule has 1 N–H and O–H groups in total. The van der Waals surface area contributed by atoms with Crippen molar-refractivity contribution in [2.24, 2.45) is 0 Å². The molecule has 27 heavy (non-hydrogen) atoms. The van der Waals surface area contributed by atoms with Gasteiger partial charge in [-0.3, -0.25) is 0 Å². The van der Waals surface area contributed by atoms with E-state index in [1.807, 2.05) is 30.5 Å². The number of benzene rings is 1. The first-order valence-corrected chi connectivity index (χ1v) is 8.59. The summed E-state index contributed by atoms with van der Waals surface area (Å²) in [5.41, 5.74) is 2.47. The SMILES string of the molecule is COc1ccc2[nH]cc(C3=CCN(c4ncccc4C(F)(F)F)CC3)c2c1. The summed E-state index contributed by atoms with van der Waals surface area (Å²) in [5, 5.41) is 1.04. The van der Waals surface area contributed by atoms with Crippen LogP contribution in [0.3, 0.4) is 0 Å². The van der Waals surface area contributed by atoms with E-state index in [2.05, 4.69) is 9.97 Å². The average molecular weight is 373 g/mol. The number of ether oxygens (including phenoxy) is 1. The van der Waals surface area contributed by atoms with Crippen LogP contribution in [-0.2, 0) is 6.18 Å².